The molecule has 0 bridgehead atoms. The largest absolute Gasteiger partial charge is 0.480 e. The summed E-state index contributed by atoms with van der Waals surface area (Å²) in [6.07, 6.45) is 5.28. The van der Waals surface area contributed by atoms with Crippen LogP contribution in [0.1, 0.15) is 57.9 Å². The topological polar surface area (TPSA) is 60.9 Å². The number of likely N-dealkylation sites (tertiary alicyclic amines) is 1. The first-order chi connectivity index (χ1) is 13.9. The molecule has 3 rings (SSSR count). The molecule has 6 heteroatoms. The number of amides is 1. The number of piperidine rings is 1. The summed E-state index contributed by atoms with van der Waals surface area (Å²) in [5.74, 6) is 0.0391. The minimum Gasteiger partial charge on any atom is -0.480 e. The van der Waals surface area contributed by atoms with Gasteiger partial charge in [0.05, 0.1) is 0 Å². The van der Waals surface area contributed by atoms with Gasteiger partial charge in [0, 0.05) is 32.1 Å². The third kappa shape index (κ3) is 6.01. The smallest absolute Gasteiger partial charge is 0.320 e. The number of carbonyl (C=O) groups excluding carboxylic acids is 1. The molecule has 1 aliphatic heterocycles. The molecule has 1 amide bonds. The van der Waals surface area contributed by atoms with E-state index in [0.717, 1.165) is 24.9 Å². The first kappa shape index (κ1) is 21.8. The zero-order chi connectivity index (χ0) is 21.0. The van der Waals surface area contributed by atoms with Crippen molar-refractivity contribution in [3.8, 4) is 0 Å². The Hall–Kier alpha value is -1.95. The van der Waals surface area contributed by atoms with Gasteiger partial charge < -0.3 is 10.0 Å². The molecule has 1 aromatic carbocycles. The molecule has 0 spiro atoms. The van der Waals surface area contributed by atoms with Crippen LogP contribution in [0, 0.1) is 17.7 Å². The van der Waals surface area contributed by atoms with Crippen molar-refractivity contribution in [3.05, 3.63) is 35.6 Å². The van der Waals surface area contributed by atoms with E-state index in [4.69, 9.17) is 0 Å². The molecule has 1 heterocycles. The summed E-state index contributed by atoms with van der Waals surface area (Å²) in [4.78, 5) is 28.4. The lowest BCUT2D eigenvalue weighted by atomic mass is 9.89. The predicted molar refractivity (Wildman–Crippen MR) is 110 cm³/mol. The van der Waals surface area contributed by atoms with E-state index in [9.17, 15) is 19.1 Å². The quantitative estimate of drug-likeness (QED) is 0.642. The molecule has 0 radical (unpaired) electrons. The van der Waals surface area contributed by atoms with E-state index in [1.165, 1.54) is 25.0 Å². The molecule has 0 aromatic heterocycles. The van der Waals surface area contributed by atoms with Crippen molar-refractivity contribution in [3.63, 3.8) is 0 Å². The summed E-state index contributed by atoms with van der Waals surface area (Å²) in [5, 5.41) is 9.64. The van der Waals surface area contributed by atoms with E-state index in [1.807, 2.05) is 11.8 Å². The minimum atomic E-state index is -0.745. The number of hydrogen-bond donors (Lipinski definition) is 1. The molecule has 29 heavy (non-hydrogen) atoms. The zero-order valence-corrected chi connectivity index (χ0v) is 17.5. The van der Waals surface area contributed by atoms with Crippen molar-refractivity contribution < 1.29 is 19.1 Å². The third-order valence-electron chi connectivity index (χ3n) is 6.39. The number of rotatable bonds is 10. The number of carboxylic acid groups (broad SMARTS) is 1. The number of benzene rings is 1. The molecule has 3 atom stereocenters. The summed E-state index contributed by atoms with van der Waals surface area (Å²) in [6, 6.07) is 6.01. The molecule has 1 saturated carbocycles. The molecule has 1 aliphatic carbocycles. The number of aliphatic carboxylic acids is 1. The predicted octanol–water partition coefficient (Wildman–Crippen LogP) is 3.92. The fourth-order valence-electron chi connectivity index (χ4n) is 4.50. The average molecular weight is 405 g/mol. The standard InChI is InChI=1S/C23H33FN2O3/c1-3-21(23(28)29)26(15-18-4-5-18)16(2)12-19-10-11-25(22(27)13-19)14-17-6-8-20(24)9-7-17/h6-9,16,18-19,21H,3-5,10-15H2,1-2H3,(H,28,29). The van der Waals surface area contributed by atoms with Crippen LogP contribution in [0.4, 0.5) is 4.39 Å². The van der Waals surface area contributed by atoms with Gasteiger partial charge in [0.25, 0.3) is 0 Å². The molecule has 5 nitrogen and oxygen atoms in total. The maximum Gasteiger partial charge on any atom is 0.320 e. The minimum absolute atomic E-state index is 0.136. The Kier molecular flexibility index (Phi) is 7.28. The van der Waals surface area contributed by atoms with E-state index in [0.29, 0.717) is 31.8 Å². The average Bonchev–Trinajstić information content (AvgIpc) is 3.49. The van der Waals surface area contributed by atoms with Gasteiger partial charge in [0.1, 0.15) is 11.9 Å². The van der Waals surface area contributed by atoms with Gasteiger partial charge in [-0.05, 0) is 68.6 Å². The van der Waals surface area contributed by atoms with Crippen LogP contribution in [0.3, 0.4) is 0 Å². The molecular weight excluding hydrogens is 371 g/mol. The second kappa shape index (κ2) is 9.70. The number of carboxylic acids is 1. The van der Waals surface area contributed by atoms with Crippen LogP contribution in [0.2, 0.25) is 0 Å². The zero-order valence-electron chi connectivity index (χ0n) is 17.5. The first-order valence-electron chi connectivity index (χ1n) is 10.9. The summed E-state index contributed by atoms with van der Waals surface area (Å²) in [7, 11) is 0. The van der Waals surface area contributed by atoms with Gasteiger partial charge in [-0.25, -0.2) is 4.39 Å². The normalized spacial score (nSPS) is 22.0. The van der Waals surface area contributed by atoms with Crippen LogP contribution < -0.4 is 0 Å². The number of carbonyl (C=O) groups is 2. The Bertz CT molecular complexity index is 705. The Labute approximate surface area is 172 Å². The van der Waals surface area contributed by atoms with Crippen molar-refractivity contribution in [2.45, 2.75) is 71.0 Å². The van der Waals surface area contributed by atoms with Crippen molar-refractivity contribution in [2.24, 2.45) is 11.8 Å². The van der Waals surface area contributed by atoms with Crippen molar-refractivity contribution >= 4 is 11.9 Å². The van der Waals surface area contributed by atoms with Crippen molar-refractivity contribution in [1.29, 1.82) is 0 Å². The molecule has 2 fully saturated rings. The van der Waals surface area contributed by atoms with Gasteiger partial charge >= 0.3 is 5.97 Å². The summed E-state index contributed by atoms with van der Waals surface area (Å²) in [5.41, 5.74) is 0.939. The molecular formula is C23H33FN2O3. The highest BCUT2D eigenvalue weighted by atomic mass is 19.1. The summed E-state index contributed by atoms with van der Waals surface area (Å²) >= 11 is 0. The fraction of sp³-hybridized carbons (Fsp3) is 0.652. The summed E-state index contributed by atoms with van der Waals surface area (Å²) < 4.78 is 13.1. The third-order valence-corrected chi connectivity index (χ3v) is 6.39. The second-order valence-corrected chi connectivity index (χ2v) is 8.79. The van der Waals surface area contributed by atoms with E-state index in [2.05, 4.69) is 11.8 Å². The van der Waals surface area contributed by atoms with Crippen LogP contribution in [0.5, 0.6) is 0 Å². The van der Waals surface area contributed by atoms with Gasteiger partial charge in [0.15, 0.2) is 0 Å². The number of halogens is 1. The molecule has 1 saturated heterocycles. The molecule has 2 aliphatic rings. The molecule has 1 N–H and O–H groups in total. The van der Waals surface area contributed by atoms with E-state index >= 15 is 0 Å². The van der Waals surface area contributed by atoms with Crippen LogP contribution >= 0.6 is 0 Å². The van der Waals surface area contributed by atoms with Crippen LogP contribution in [-0.4, -0.2) is 52.0 Å². The molecule has 1 aromatic rings. The highest BCUT2D eigenvalue weighted by Crippen LogP contribution is 2.33. The molecule has 160 valence electrons. The van der Waals surface area contributed by atoms with Gasteiger partial charge in [-0.1, -0.05) is 19.1 Å². The maximum atomic E-state index is 13.1. The SMILES string of the molecule is CCC(C(=O)O)N(CC1CC1)C(C)CC1CCN(Cc2ccc(F)cc2)C(=O)C1. The maximum absolute atomic E-state index is 13.1. The van der Waals surface area contributed by atoms with E-state index in [-0.39, 0.29) is 23.7 Å². The second-order valence-electron chi connectivity index (χ2n) is 8.79. The number of hydrogen-bond acceptors (Lipinski definition) is 3. The Balaban J connectivity index is 1.55. The monoisotopic (exact) mass is 404 g/mol. The van der Waals surface area contributed by atoms with Gasteiger partial charge in [0.2, 0.25) is 5.91 Å². The molecule has 3 unspecified atom stereocenters. The van der Waals surface area contributed by atoms with Gasteiger partial charge in [-0.3, -0.25) is 14.5 Å². The Morgan fingerprint density at radius 3 is 2.48 bits per heavy atom. The van der Waals surface area contributed by atoms with Gasteiger partial charge in [-0.2, -0.15) is 0 Å². The highest BCUT2D eigenvalue weighted by Gasteiger charge is 2.35. The fourth-order valence-corrected chi connectivity index (χ4v) is 4.50. The Morgan fingerprint density at radius 2 is 1.93 bits per heavy atom. The highest BCUT2D eigenvalue weighted by molar-refractivity contribution is 5.77. The lowest BCUT2D eigenvalue weighted by Crippen LogP contribution is -2.48. The van der Waals surface area contributed by atoms with E-state index < -0.39 is 12.0 Å². The van der Waals surface area contributed by atoms with E-state index in [1.54, 1.807) is 12.1 Å². The Morgan fingerprint density at radius 1 is 1.24 bits per heavy atom. The number of nitrogens with zero attached hydrogens (tertiary/aromatic N) is 2. The lowest BCUT2D eigenvalue weighted by Gasteiger charge is -2.38. The van der Waals surface area contributed by atoms with Crippen LogP contribution in [-0.2, 0) is 16.1 Å². The lowest BCUT2D eigenvalue weighted by molar-refractivity contribution is -0.145. The van der Waals surface area contributed by atoms with Crippen LogP contribution in [0.25, 0.3) is 0 Å². The van der Waals surface area contributed by atoms with Crippen molar-refractivity contribution in [2.75, 3.05) is 13.1 Å². The summed E-state index contributed by atoms with van der Waals surface area (Å²) in [6.45, 7) is 6.12. The van der Waals surface area contributed by atoms with Crippen molar-refractivity contribution in [1.82, 2.24) is 9.80 Å². The first-order valence-corrected chi connectivity index (χ1v) is 10.9. The van der Waals surface area contributed by atoms with Crippen LogP contribution in [0.15, 0.2) is 24.3 Å². The van der Waals surface area contributed by atoms with Gasteiger partial charge in [-0.15, -0.1) is 0 Å².